The van der Waals surface area contributed by atoms with Crippen LogP contribution < -0.4 is 33.0 Å². The fourth-order valence-corrected chi connectivity index (χ4v) is 3.87. The normalized spacial score (nSPS) is 14.0. The number of phenolic OH excluding ortho intramolecular Hbond substituents is 1. The van der Waals surface area contributed by atoms with Crippen LogP contribution in [0.5, 0.6) is 5.75 Å². The van der Waals surface area contributed by atoms with E-state index in [0.717, 1.165) is 5.56 Å². The molecule has 2 aromatic rings. The first-order chi connectivity index (χ1) is 18.6. The number of phenols is 1. The Morgan fingerprint density at radius 3 is 2.00 bits per heavy atom. The van der Waals surface area contributed by atoms with Crippen molar-refractivity contribution in [3.63, 3.8) is 0 Å². The van der Waals surface area contributed by atoms with Crippen molar-refractivity contribution in [1.29, 1.82) is 0 Å². The SMILES string of the molecule is NC(=O)C[C@H](NC(=O)C(NC(=O)[C@H](Cc1ccc(O)cc1)NNCc1ccccc1)C(F)(F)P(=O)(O)O)C(N)=O. The molecule has 40 heavy (non-hydrogen) atoms. The molecule has 0 aliphatic carbocycles. The molecule has 0 fully saturated rings. The third kappa shape index (κ3) is 9.36. The lowest BCUT2D eigenvalue weighted by Crippen LogP contribution is -2.62. The van der Waals surface area contributed by atoms with Gasteiger partial charge in [-0.15, -0.1) is 0 Å². The van der Waals surface area contributed by atoms with Gasteiger partial charge in [0.05, 0.1) is 6.42 Å². The zero-order chi connectivity index (χ0) is 30.1. The summed E-state index contributed by atoms with van der Waals surface area (Å²) < 4.78 is 41.2. The Bertz CT molecular complexity index is 1250. The molecule has 11 N–H and O–H groups in total. The lowest BCUT2D eigenvalue weighted by Gasteiger charge is -2.30. The Labute approximate surface area is 226 Å². The Balaban J connectivity index is 2.34. The number of carbonyl (C=O) groups excluding carboxylic acids is 4. The third-order valence-electron chi connectivity index (χ3n) is 5.45. The van der Waals surface area contributed by atoms with Crippen LogP contribution in [-0.2, 0) is 36.7 Å². The lowest BCUT2D eigenvalue weighted by atomic mass is 10.0. The highest BCUT2D eigenvalue weighted by molar-refractivity contribution is 7.53. The van der Waals surface area contributed by atoms with E-state index in [9.17, 15) is 47.4 Å². The number of aromatic hydroxyl groups is 1. The number of halogens is 2. The highest BCUT2D eigenvalue weighted by Crippen LogP contribution is 2.54. The average molecular weight is 586 g/mol. The summed E-state index contributed by atoms with van der Waals surface area (Å²) in [6, 6.07) is 7.76. The second-order valence-electron chi connectivity index (χ2n) is 8.61. The van der Waals surface area contributed by atoms with Gasteiger partial charge in [-0.25, -0.2) is 5.43 Å². The summed E-state index contributed by atoms with van der Waals surface area (Å²) in [4.78, 5) is 67.1. The summed E-state index contributed by atoms with van der Waals surface area (Å²) in [7, 11) is -6.37. The topological polar surface area (TPSA) is 246 Å². The van der Waals surface area contributed by atoms with Crippen molar-refractivity contribution >= 4 is 31.2 Å². The van der Waals surface area contributed by atoms with E-state index in [0.29, 0.717) is 5.56 Å². The van der Waals surface area contributed by atoms with Crippen LogP contribution in [0, 0.1) is 0 Å². The number of hydrogen-bond acceptors (Lipinski definition) is 8. The van der Waals surface area contributed by atoms with Gasteiger partial charge in [0.15, 0.2) is 6.04 Å². The minimum atomic E-state index is -6.37. The maximum absolute atomic E-state index is 14.8. The molecule has 2 rings (SSSR count). The van der Waals surface area contributed by atoms with Gasteiger partial charge in [-0.05, 0) is 29.7 Å². The van der Waals surface area contributed by atoms with Crippen LogP contribution in [-0.4, -0.2) is 62.3 Å². The zero-order valence-corrected chi connectivity index (χ0v) is 21.7. The van der Waals surface area contributed by atoms with Gasteiger partial charge >= 0.3 is 13.3 Å². The van der Waals surface area contributed by atoms with Crippen molar-refractivity contribution in [2.45, 2.75) is 43.2 Å². The third-order valence-corrected chi connectivity index (χ3v) is 6.49. The number of rotatable bonds is 15. The average Bonchev–Trinajstić information content (AvgIpc) is 2.86. The van der Waals surface area contributed by atoms with Crippen LogP contribution in [0.15, 0.2) is 54.6 Å². The molecule has 0 saturated carbocycles. The molecule has 1 unspecified atom stereocenters. The van der Waals surface area contributed by atoms with E-state index in [-0.39, 0.29) is 18.7 Å². The van der Waals surface area contributed by atoms with E-state index in [1.807, 2.05) is 0 Å². The van der Waals surface area contributed by atoms with Gasteiger partial charge in [0.2, 0.25) is 23.6 Å². The molecule has 14 nitrogen and oxygen atoms in total. The van der Waals surface area contributed by atoms with Crippen molar-refractivity contribution in [3.8, 4) is 5.75 Å². The second-order valence-corrected chi connectivity index (χ2v) is 10.3. The van der Waals surface area contributed by atoms with Crippen molar-refractivity contribution in [2.75, 3.05) is 0 Å². The minimum Gasteiger partial charge on any atom is -0.508 e. The largest absolute Gasteiger partial charge is 0.508 e. The second kappa shape index (κ2) is 13.9. The van der Waals surface area contributed by atoms with Crippen LogP contribution >= 0.6 is 7.60 Å². The monoisotopic (exact) mass is 586 g/mol. The summed E-state index contributed by atoms with van der Waals surface area (Å²) in [5, 5.41) is 12.8. The van der Waals surface area contributed by atoms with Crippen molar-refractivity contribution in [2.24, 2.45) is 11.5 Å². The molecule has 17 heteroatoms. The standard InChI is InChI=1S/C23H29F2N6O8P/c24-23(25,40(37,38)39)19(22(36)29-16(20(27)34)11-18(26)33)30-21(35)17(10-13-6-8-15(32)9-7-13)31-28-12-14-4-2-1-3-5-14/h1-9,16-17,19,28,31-32H,10-12H2,(H2,26,33)(H2,27,34)(H,29,36)(H,30,35)(H2,37,38,39)/t16-,17-,19?/m0/s1. The van der Waals surface area contributed by atoms with Gasteiger partial charge in [0.1, 0.15) is 17.8 Å². The minimum absolute atomic E-state index is 0.0853. The summed E-state index contributed by atoms with van der Waals surface area (Å²) in [5.41, 5.74) is 11.4. The van der Waals surface area contributed by atoms with E-state index in [1.54, 1.807) is 41.0 Å². The number of carbonyl (C=O) groups is 4. The summed E-state index contributed by atoms with van der Waals surface area (Å²) >= 11 is 0. The Morgan fingerprint density at radius 1 is 0.875 bits per heavy atom. The Kier molecular flexibility index (Phi) is 11.2. The number of nitrogens with two attached hydrogens (primary N) is 2. The zero-order valence-electron chi connectivity index (χ0n) is 20.8. The van der Waals surface area contributed by atoms with E-state index in [1.165, 1.54) is 24.3 Å². The van der Waals surface area contributed by atoms with Crippen LogP contribution in [0.3, 0.4) is 0 Å². The fraction of sp³-hybridized carbons (Fsp3) is 0.304. The molecule has 0 spiro atoms. The maximum atomic E-state index is 14.8. The van der Waals surface area contributed by atoms with Crippen molar-refractivity contribution < 1.29 is 47.4 Å². The van der Waals surface area contributed by atoms with Crippen LogP contribution in [0.1, 0.15) is 17.5 Å². The number of alkyl halides is 2. The molecule has 0 aliphatic rings. The van der Waals surface area contributed by atoms with Gasteiger partial charge in [-0.2, -0.15) is 8.78 Å². The predicted molar refractivity (Wildman–Crippen MR) is 136 cm³/mol. The first-order valence-electron chi connectivity index (χ1n) is 11.5. The lowest BCUT2D eigenvalue weighted by molar-refractivity contribution is -0.138. The first kappa shape index (κ1) is 32.3. The van der Waals surface area contributed by atoms with Gasteiger partial charge in [-0.3, -0.25) is 29.2 Å². The van der Waals surface area contributed by atoms with Gasteiger partial charge in [-0.1, -0.05) is 42.5 Å². The molecule has 0 aromatic heterocycles. The molecule has 0 radical (unpaired) electrons. The highest BCUT2D eigenvalue weighted by Gasteiger charge is 2.59. The quantitative estimate of drug-likeness (QED) is 0.0881. The molecular weight excluding hydrogens is 557 g/mol. The number of hydrazine groups is 1. The summed E-state index contributed by atoms with van der Waals surface area (Å²) in [6.07, 6.45) is -1.10. The molecule has 0 heterocycles. The smallest absolute Gasteiger partial charge is 0.397 e. The van der Waals surface area contributed by atoms with Crippen LogP contribution in [0.25, 0.3) is 0 Å². The maximum Gasteiger partial charge on any atom is 0.397 e. The Hall–Kier alpha value is -3.95. The van der Waals surface area contributed by atoms with E-state index < -0.39 is 61.4 Å². The summed E-state index contributed by atoms with van der Waals surface area (Å²) in [5.74, 6) is -5.79. The molecule has 0 aliphatic heterocycles. The van der Waals surface area contributed by atoms with E-state index in [4.69, 9.17) is 11.5 Å². The van der Waals surface area contributed by atoms with Gasteiger partial charge < -0.3 is 37.0 Å². The number of primary amides is 2. The van der Waals surface area contributed by atoms with Crippen LogP contribution in [0.2, 0.25) is 0 Å². The van der Waals surface area contributed by atoms with Crippen LogP contribution in [0.4, 0.5) is 8.78 Å². The van der Waals surface area contributed by atoms with Crippen molar-refractivity contribution in [3.05, 3.63) is 65.7 Å². The molecule has 4 amide bonds. The molecule has 3 atom stereocenters. The van der Waals surface area contributed by atoms with Gasteiger partial charge in [0, 0.05) is 6.54 Å². The molecule has 0 bridgehead atoms. The Morgan fingerprint density at radius 2 is 1.48 bits per heavy atom. The number of amides is 4. The number of nitrogens with one attached hydrogen (secondary N) is 4. The molecular formula is C23H29F2N6O8P. The van der Waals surface area contributed by atoms with Gasteiger partial charge in [0.25, 0.3) is 0 Å². The number of benzene rings is 2. The van der Waals surface area contributed by atoms with E-state index >= 15 is 0 Å². The summed E-state index contributed by atoms with van der Waals surface area (Å²) in [6.45, 7) is 0.163. The molecule has 218 valence electrons. The molecule has 2 aromatic carbocycles. The van der Waals surface area contributed by atoms with Crippen molar-refractivity contribution in [1.82, 2.24) is 21.5 Å². The first-order valence-corrected chi connectivity index (χ1v) is 13.1. The number of hydrogen-bond donors (Lipinski definition) is 9. The highest BCUT2D eigenvalue weighted by atomic mass is 31.2. The predicted octanol–water partition coefficient (Wildman–Crippen LogP) is -1.30. The fourth-order valence-electron chi connectivity index (χ4n) is 3.35. The molecule has 0 saturated heterocycles. The van der Waals surface area contributed by atoms with E-state index in [2.05, 4.69) is 10.9 Å².